The largest absolute Gasteiger partial charge is 0.347 e. The predicted molar refractivity (Wildman–Crippen MR) is 68.7 cm³/mol. The van der Waals surface area contributed by atoms with Crippen LogP contribution in [0.3, 0.4) is 0 Å². The lowest BCUT2D eigenvalue weighted by molar-refractivity contribution is 0.949. The summed E-state index contributed by atoms with van der Waals surface area (Å²) >= 11 is 0. The normalized spacial score (nSPS) is 9.78. The van der Waals surface area contributed by atoms with E-state index in [-0.39, 0.29) is 5.69 Å². The van der Waals surface area contributed by atoms with E-state index in [1.165, 1.54) is 0 Å². The minimum atomic E-state index is -0.515. The van der Waals surface area contributed by atoms with Crippen LogP contribution in [0.2, 0.25) is 0 Å². The lowest BCUT2D eigenvalue weighted by atomic mass is 10.2. The van der Waals surface area contributed by atoms with Gasteiger partial charge in [0.1, 0.15) is 17.6 Å². The molecule has 2 rings (SSSR count). The quantitative estimate of drug-likeness (QED) is 0.887. The molecule has 0 saturated carbocycles. The maximum absolute atomic E-state index is 11.4. The van der Waals surface area contributed by atoms with Crippen LogP contribution < -0.4 is 10.6 Å². The first kappa shape index (κ1) is 11.9. The van der Waals surface area contributed by atoms with Gasteiger partial charge in [0, 0.05) is 18.3 Å². The van der Waals surface area contributed by atoms with Crippen molar-refractivity contribution < 1.29 is 0 Å². The van der Waals surface area contributed by atoms with Crippen molar-refractivity contribution in [1.82, 2.24) is 9.97 Å². The zero-order chi connectivity index (χ0) is 13.0. The highest BCUT2D eigenvalue weighted by atomic mass is 16.1. The minimum absolute atomic E-state index is 0.208. The molecule has 0 unspecified atom stereocenters. The number of benzene rings is 1. The molecule has 1 aromatic heterocycles. The van der Waals surface area contributed by atoms with Crippen molar-refractivity contribution in [2.24, 2.45) is 0 Å². The maximum Gasteiger partial charge on any atom is 0.347 e. The molecule has 0 fully saturated rings. The molecule has 0 atom stereocenters. The average Bonchev–Trinajstić information content (AvgIpc) is 2.40. The lowest BCUT2D eigenvalue weighted by Gasteiger charge is -2.21. The van der Waals surface area contributed by atoms with Gasteiger partial charge < -0.3 is 4.90 Å². The lowest BCUT2D eigenvalue weighted by Crippen LogP contribution is -2.22. The molecule has 1 aromatic carbocycles. The van der Waals surface area contributed by atoms with Crippen molar-refractivity contribution in [3.63, 3.8) is 0 Å². The van der Waals surface area contributed by atoms with Crippen LogP contribution in [0.5, 0.6) is 0 Å². The summed E-state index contributed by atoms with van der Waals surface area (Å²) in [5, 5.41) is 8.85. The van der Waals surface area contributed by atoms with E-state index < -0.39 is 5.69 Å². The molecular formula is C13H12N4O. The van der Waals surface area contributed by atoms with E-state index >= 15 is 0 Å². The number of nitrogens with one attached hydrogen (secondary N) is 1. The molecule has 0 aliphatic heterocycles. The molecule has 1 N–H and O–H groups in total. The SMILES string of the molecule is CCN(c1ccccc1)c1cc(C#N)[nH]c(=O)n1. The van der Waals surface area contributed by atoms with Gasteiger partial charge in [0.15, 0.2) is 0 Å². The average molecular weight is 240 g/mol. The highest BCUT2D eigenvalue weighted by Crippen LogP contribution is 2.21. The van der Waals surface area contributed by atoms with E-state index in [0.29, 0.717) is 12.4 Å². The van der Waals surface area contributed by atoms with Crippen LogP contribution in [0.15, 0.2) is 41.2 Å². The molecule has 0 aliphatic rings. The monoisotopic (exact) mass is 240 g/mol. The molecule has 0 amide bonds. The molecule has 0 spiro atoms. The van der Waals surface area contributed by atoms with E-state index in [1.54, 1.807) is 6.07 Å². The Kier molecular flexibility index (Phi) is 3.39. The molecule has 90 valence electrons. The number of anilines is 2. The van der Waals surface area contributed by atoms with E-state index in [2.05, 4.69) is 9.97 Å². The summed E-state index contributed by atoms with van der Waals surface area (Å²) in [6, 6.07) is 13.1. The summed E-state index contributed by atoms with van der Waals surface area (Å²) < 4.78 is 0. The van der Waals surface area contributed by atoms with Crippen LogP contribution in [-0.4, -0.2) is 16.5 Å². The van der Waals surface area contributed by atoms with Crippen molar-refractivity contribution in [2.75, 3.05) is 11.4 Å². The maximum atomic E-state index is 11.4. The van der Waals surface area contributed by atoms with Crippen LogP contribution in [0.4, 0.5) is 11.5 Å². The third-order valence-corrected chi connectivity index (χ3v) is 2.51. The van der Waals surface area contributed by atoms with Crippen LogP contribution in [0, 0.1) is 11.3 Å². The molecule has 1 heterocycles. The molecule has 0 radical (unpaired) electrons. The van der Waals surface area contributed by atoms with Crippen LogP contribution in [-0.2, 0) is 0 Å². The number of aromatic amines is 1. The second kappa shape index (κ2) is 5.15. The summed E-state index contributed by atoms with van der Waals surface area (Å²) in [4.78, 5) is 19.5. The number of nitriles is 1. The summed E-state index contributed by atoms with van der Waals surface area (Å²) in [6.45, 7) is 2.62. The Bertz CT molecular complexity index is 627. The molecule has 0 saturated heterocycles. The van der Waals surface area contributed by atoms with Gasteiger partial charge in [-0.1, -0.05) is 18.2 Å². The fourth-order valence-corrected chi connectivity index (χ4v) is 1.73. The first-order valence-corrected chi connectivity index (χ1v) is 5.58. The van der Waals surface area contributed by atoms with E-state index in [0.717, 1.165) is 5.69 Å². The van der Waals surface area contributed by atoms with Gasteiger partial charge in [-0.2, -0.15) is 10.2 Å². The third kappa shape index (κ3) is 2.38. The zero-order valence-electron chi connectivity index (χ0n) is 9.92. The second-order valence-corrected chi connectivity index (χ2v) is 3.65. The Morgan fingerprint density at radius 3 is 2.72 bits per heavy atom. The van der Waals surface area contributed by atoms with Crippen molar-refractivity contribution in [2.45, 2.75) is 6.92 Å². The number of rotatable bonds is 3. The van der Waals surface area contributed by atoms with Crippen molar-refractivity contribution in [1.29, 1.82) is 5.26 Å². The fourth-order valence-electron chi connectivity index (χ4n) is 1.73. The smallest absolute Gasteiger partial charge is 0.326 e. The minimum Gasteiger partial charge on any atom is -0.326 e. The van der Waals surface area contributed by atoms with Crippen molar-refractivity contribution >= 4 is 11.5 Å². The van der Waals surface area contributed by atoms with E-state index in [4.69, 9.17) is 5.26 Å². The molecule has 2 aromatic rings. The third-order valence-electron chi connectivity index (χ3n) is 2.51. The topological polar surface area (TPSA) is 72.8 Å². The molecule has 18 heavy (non-hydrogen) atoms. The molecule has 0 aliphatic carbocycles. The summed E-state index contributed by atoms with van der Waals surface area (Å²) in [5.41, 5.74) is 0.625. The summed E-state index contributed by atoms with van der Waals surface area (Å²) in [7, 11) is 0. The number of hydrogen-bond acceptors (Lipinski definition) is 4. The standard InChI is InChI=1S/C13H12N4O/c1-2-17(11-6-4-3-5-7-11)12-8-10(9-14)15-13(18)16-12/h3-8H,2H2,1H3,(H,15,16,18). The molecule has 0 bridgehead atoms. The van der Waals surface area contributed by atoms with Gasteiger partial charge >= 0.3 is 5.69 Å². The number of nitrogens with zero attached hydrogens (tertiary/aromatic N) is 3. The van der Waals surface area contributed by atoms with Gasteiger partial charge in [0.05, 0.1) is 0 Å². The number of hydrogen-bond donors (Lipinski definition) is 1. The number of H-pyrrole nitrogens is 1. The fraction of sp³-hybridized carbons (Fsp3) is 0.154. The molecular weight excluding hydrogens is 228 g/mol. The molecule has 5 nitrogen and oxygen atoms in total. The van der Waals surface area contributed by atoms with Crippen molar-refractivity contribution in [3.8, 4) is 6.07 Å². The number of para-hydroxylation sites is 1. The van der Waals surface area contributed by atoms with Gasteiger partial charge in [-0.3, -0.25) is 4.98 Å². The van der Waals surface area contributed by atoms with E-state index in [9.17, 15) is 4.79 Å². The van der Waals surface area contributed by atoms with Gasteiger partial charge in [0.25, 0.3) is 0 Å². The Morgan fingerprint density at radius 1 is 1.39 bits per heavy atom. The zero-order valence-corrected chi connectivity index (χ0v) is 9.92. The highest BCUT2D eigenvalue weighted by molar-refractivity contribution is 5.60. The predicted octanol–water partition coefficient (Wildman–Crippen LogP) is 1.80. The van der Waals surface area contributed by atoms with Crippen molar-refractivity contribution in [3.05, 3.63) is 52.6 Å². The summed E-state index contributed by atoms with van der Waals surface area (Å²) in [6.07, 6.45) is 0. The highest BCUT2D eigenvalue weighted by Gasteiger charge is 2.10. The van der Waals surface area contributed by atoms with Crippen LogP contribution in [0.1, 0.15) is 12.6 Å². The van der Waals surface area contributed by atoms with E-state index in [1.807, 2.05) is 48.2 Å². The van der Waals surface area contributed by atoms with Gasteiger partial charge in [-0.05, 0) is 19.1 Å². The number of aromatic nitrogens is 2. The van der Waals surface area contributed by atoms with Gasteiger partial charge in [0.2, 0.25) is 0 Å². The van der Waals surface area contributed by atoms with Crippen LogP contribution in [0.25, 0.3) is 0 Å². The van der Waals surface area contributed by atoms with Gasteiger partial charge in [-0.25, -0.2) is 4.79 Å². The first-order chi connectivity index (χ1) is 8.74. The Morgan fingerprint density at radius 2 is 2.11 bits per heavy atom. The summed E-state index contributed by atoms with van der Waals surface area (Å²) in [5.74, 6) is 0.476. The Labute approximate surface area is 104 Å². The second-order valence-electron chi connectivity index (χ2n) is 3.65. The Hall–Kier alpha value is -2.61. The first-order valence-electron chi connectivity index (χ1n) is 5.58. The van der Waals surface area contributed by atoms with Gasteiger partial charge in [-0.15, -0.1) is 0 Å². The molecule has 5 heteroatoms. The Balaban J connectivity index is 2.49. The van der Waals surface area contributed by atoms with Crippen LogP contribution >= 0.6 is 0 Å².